The predicted octanol–water partition coefficient (Wildman–Crippen LogP) is 4.17. The monoisotopic (exact) mass is 468 g/mol. The fourth-order valence-corrected chi connectivity index (χ4v) is 3.92. The summed E-state index contributed by atoms with van der Waals surface area (Å²) in [5.41, 5.74) is 4.04. The number of hydrazine groups is 1. The molecule has 1 aliphatic rings. The van der Waals surface area contributed by atoms with E-state index in [0.717, 1.165) is 48.2 Å². The number of nitrogens with zero attached hydrogens (tertiary/aromatic N) is 1. The van der Waals surface area contributed by atoms with Crippen molar-refractivity contribution in [2.24, 2.45) is 0 Å². The minimum Gasteiger partial charge on any atom is -0.497 e. The third-order valence-electron chi connectivity index (χ3n) is 5.77. The molecule has 0 bridgehead atoms. The number of rotatable bonds is 8. The normalized spacial score (nSPS) is 14.5. The van der Waals surface area contributed by atoms with E-state index >= 15 is 0 Å². The van der Waals surface area contributed by atoms with Gasteiger partial charge >= 0.3 is 12.1 Å². The van der Waals surface area contributed by atoms with E-state index in [1.165, 1.54) is 6.92 Å². The molecule has 34 heavy (non-hydrogen) atoms. The highest BCUT2D eigenvalue weighted by molar-refractivity contribution is 5.85. The van der Waals surface area contributed by atoms with Crippen LogP contribution in [0.2, 0.25) is 0 Å². The molecule has 1 fully saturated rings. The van der Waals surface area contributed by atoms with E-state index in [1.807, 2.05) is 42.5 Å². The Morgan fingerprint density at radius 3 is 2.26 bits per heavy atom. The Labute approximate surface area is 200 Å². The Balaban J connectivity index is 1.74. The van der Waals surface area contributed by atoms with Crippen LogP contribution in [0.25, 0.3) is 0 Å². The van der Waals surface area contributed by atoms with Crippen LogP contribution in [0.1, 0.15) is 50.2 Å². The van der Waals surface area contributed by atoms with E-state index in [0.29, 0.717) is 5.75 Å². The van der Waals surface area contributed by atoms with Gasteiger partial charge in [0.25, 0.3) is 0 Å². The van der Waals surface area contributed by atoms with Gasteiger partial charge in [0.05, 0.1) is 7.11 Å². The lowest BCUT2D eigenvalue weighted by atomic mass is 9.97. The average Bonchev–Trinajstić information content (AvgIpc) is 2.86. The van der Waals surface area contributed by atoms with Gasteiger partial charge in [-0.15, -0.1) is 0 Å². The Hall–Kier alpha value is -3.55. The van der Waals surface area contributed by atoms with Crippen LogP contribution in [0, 0.1) is 0 Å². The van der Waals surface area contributed by atoms with Gasteiger partial charge in [-0.2, -0.15) is 0 Å². The summed E-state index contributed by atoms with van der Waals surface area (Å²) in [5, 5.41) is 1.00. The summed E-state index contributed by atoms with van der Waals surface area (Å²) in [6, 6.07) is 15.3. The summed E-state index contributed by atoms with van der Waals surface area (Å²) < 4.78 is 16.2. The maximum Gasteiger partial charge on any atom is 0.426 e. The van der Waals surface area contributed by atoms with Crippen LogP contribution in [-0.4, -0.2) is 42.2 Å². The first-order valence-electron chi connectivity index (χ1n) is 11.6. The number of benzene rings is 2. The maximum atomic E-state index is 13.2. The fourth-order valence-electron chi connectivity index (χ4n) is 3.92. The van der Waals surface area contributed by atoms with E-state index in [-0.39, 0.29) is 19.1 Å². The third kappa shape index (κ3) is 7.50. The number of carbonyl (C=O) groups excluding carboxylic acids is 3. The van der Waals surface area contributed by atoms with Gasteiger partial charge in [-0.3, -0.25) is 4.79 Å². The molecule has 8 nitrogen and oxygen atoms in total. The van der Waals surface area contributed by atoms with Gasteiger partial charge in [0, 0.05) is 13.3 Å². The molecule has 182 valence electrons. The lowest BCUT2D eigenvalue weighted by Crippen LogP contribution is -2.56. The van der Waals surface area contributed by atoms with Crippen molar-refractivity contribution in [1.29, 1.82) is 0 Å². The van der Waals surface area contributed by atoms with Crippen LogP contribution in [0.4, 0.5) is 4.79 Å². The number of amides is 2. The summed E-state index contributed by atoms with van der Waals surface area (Å²) in [5.74, 6) is -0.381. The number of ether oxygens (including phenoxy) is 3. The van der Waals surface area contributed by atoms with Crippen LogP contribution in [0.15, 0.2) is 54.6 Å². The molecule has 0 spiro atoms. The molecule has 0 unspecified atom stereocenters. The molecular weight excluding hydrogens is 436 g/mol. The topological polar surface area (TPSA) is 94.2 Å². The first-order valence-corrected chi connectivity index (χ1v) is 11.6. The van der Waals surface area contributed by atoms with Crippen LogP contribution in [0.3, 0.4) is 0 Å². The molecule has 1 N–H and O–H groups in total. The molecule has 2 aromatic carbocycles. The summed E-state index contributed by atoms with van der Waals surface area (Å²) in [6.45, 7) is 1.32. The smallest absolute Gasteiger partial charge is 0.426 e. The summed E-state index contributed by atoms with van der Waals surface area (Å²) >= 11 is 0. The zero-order valence-corrected chi connectivity index (χ0v) is 19.7. The molecule has 3 rings (SSSR count). The molecule has 0 saturated heterocycles. The van der Waals surface area contributed by atoms with Crippen molar-refractivity contribution in [3.05, 3.63) is 65.7 Å². The number of hydrogen-bond donors (Lipinski definition) is 1. The molecule has 2 aromatic rings. The fraction of sp³-hybridized carbons (Fsp3) is 0.423. The molecule has 0 aliphatic heterocycles. The molecule has 8 heteroatoms. The van der Waals surface area contributed by atoms with Crippen molar-refractivity contribution in [3.8, 4) is 5.75 Å². The zero-order chi connectivity index (χ0) is 24.3. The first-order chi connectivity index (χ1) is 16.5. The maximum absolute atomic E-state index is 13.2. The van der Waals surface area contributed by atoms with Crippen molar-refractivity contribution in [2.45, 2.75) is 64.2 Å². The quantitative estimate of drug-likeness (QED) is 0.462. The van der Waals surface area contributed by atoms with E-state index in [2.05, 4.69) is 5.43 Å². The number of carbonyl (C=O) groups is 3. The highest BCUT2D eigenvalue weighted by atomic mass is 16.6. The van der Waals surface area contributed by atoms with E-state index in [9.17, 15) is 14.4 Å². The highest BCUT2D eigenvalue weighted by Gasteiger charge is 2.33. The lowest BCUT2D eigenvalue weighted by molar-refractivity contribution is -0.162. The van der Waals surface area contributed by atoms with Crippen LogP contribution in [-0.2, 0) is 32.1 Å². The second-order valence-electron chi connectivity index (χ2n) is 8.33. The number of nitrogens with one attached hydrogen (secondary N) is 1. The van der Waals surface area contributed by atoms with Crippen LogP contribution in [0.5, 0.6) is 5.75 Å². The summed E-state index contributed by atoms with van der Waals surface area (Å²) in [7, 11) is 1.57. The molecule has 0 radical (unpaired) electrons. The molecule has 1 saturated carbocycles. The predicted molar refractivity (Wildman–Crippen MR) is 126 cm³/mol. The minimum absolute atomic E-state index is 0.0358. The number of methoxy groups -OCH3 is 1. The first kappa shape index (κ1) is 25.1. The number of hydrogen-bond acceptors (Lipinski definition) is 6. The van der Waals surface area contributed by atoms with Gasteiger partial charge in [0.2, 0.25) is 5.91 Å². The molecule has 0 aromatic heterocycles. The minimum atomic E-state index is -1.04. The second kappa shape index (κ2) is 12.6. The molecule has 1 atom stereocenters. The molecular formula is C26H32N2O6. The Kier molecular flexibility index (Phi) is 9.31. The molecule has 1 aliphatic carbocycles. The van der Waals surface area contributed by atoms with Gasteiger partial charge in [-0.05, 0) is 48.9 Å². The van der Waals surface area contributed by atoms with Crippen molar-refractivity contribution < 1.29 is 28.6 Å². The van der Waals surface area contributed by atoms with E-state index < -0.39 is 24.0 Å². The van der Waals surface area contributed by atoms with Gasteiger partial charge in [0.15, 0.2) is 6.04 Å². The SMILES string of the molecule is COc1ccc(C[C@@H](C(=O)OC2CCCCC2)N(NC(=O)OCc2ccccc2)C(C)=O)cc1. The Morgan fingerprint density at radius 2 is 1.65 bits per heavy atom. The van der Waals surface area contributed by atoms with Crippen LogP contribution < -0.4 is 10.2 Å². The van der Waals surface area contributed by atoms with E-state index in [4.69, 9.17) is 14.2 Å². The van der Waals surface area contributed by atoms with Crippen molar-refractivity contribution in [2.75, 3.05) is 7.11 Å². The Bertz CT molecular complexity index is 942. The van der Waals surface area contributed by atoms with Crippen molar-refractivity contribution in [3.63, 3.8) is 0 Å². The average molecular weight is 469 g/mol. The van der Waals surface area contributed by atoms with Crippen molar-refractivity contribution in [1.82, 2.24) is 10.4 Å². The molecule has 2 amide bonds. The van der Waals surface area contributed by atoms with Crippen molar-refractivity contribution >= 4 is 18.0 Å². The van der Waals surface area contributed by atoms with Gasteiger partial charge < -0.3 is 14.2 Å². The summed E-state index contributed by atoms with van der Waals surface area (Å²) in [6.07, 6.45) is 3.87. The van der Waals surface area contributed by atoms with Crippen LogP contribution >= 0.6 is 0 Å². The standard InChI is InChI=1S/C26H32N2O6/c1-19(29)28(27-26(31)33-18-21-9-5-3-6-10-21)24(17-20-13-15-22(32-2)16-14-20)25(30)34-23-11-7-4-8-12-23/h3,5-6,9-10,13-16,23-24H,4,7-8,11-12,17-18H2,1-2H3,(H,27,31)/t24-/m0/s1. The van der Waals surface area contributed by atoms with Gasteiger partial charge in [-0.25, -0.2) is 20.0 Å². The highest BCUT2D eigenvalue weighted by Crippen LogP contribution is 2.22. The summed E-state index contributed by atoms with van der Waals surface area (Å²) in [4.78, 5) is 38.2. The Morgan fingerprint density at radius 1 is 0.971 bits per heavy atom. The van der Waals surface area contributed by atoms with Gasteiger partial charge in [-0.1, -0.05) is 48.9 Å². The zero-order valence-electron chi connectivity index (χ0n) is 19.7. The van der Waals surface area contributed by atoms with E-state index in [1.54, 1.807) is 19.2 Å². The number of esters is 1. The molecule has 0 heterocycles. The largest absolute Gasteiger partial charge is 0.497 e. The lowest BCUT2D eigenvalue weighted by Gasteiger charge is -2.31. The van der Waals surface area contributed by atoms with Gasteiger partial charge in [0.1, 0.15) is 18.5 Å². The third-order valence-corrected chi connectivity index (χ3v) is 5.77. The second-order valence-corrected chi connectivity index (χ2v) is 8.33.